The number of hydrogen-bond donors (Lipinski definition) is 0. The fraction of sp³-hybridized carbons (Fsp3) is 0. The van der Waals surface area contributed by atoms with Crippen molar-refractivity contribution in [2.24, 2.45) is 0 Å². The van der Waals surface area contributed by atoms with Crippen LogP contribution >= 0.6 is 0 Å². The van der Waals surface area contributed by atoms with Crippen LogP contribution in [-0.4, -0.2) is 0 Å². The molecule has 1 heterocycles. The van der Waals surface area contributed by atoms with Gasteiger partial charge in [-0.25, -0.2) is 0 Å². The number of anilines is 3. The molecule has 0 aliphatic carbocycles. The Morgan fingerprint density at radius 3 is 1.72 bits per heavy atom. The summed E-state index contributed by atoms with van der Waals surface area (Å²) in [4.78, 5) is 2.41. The number of furan rings is 1. The Hall–Kier alpha value is -7.94. The van der Waals surface area contributed by atoms with Gasteiger partial charge in [-0.1, -0.05) is 164 Å². The minimum absolute atomic E-state index is 0.887. The summed E-state index contributed by atoms with van der Waals surface area (Å²) >= 11 is 0. The van der Waals surface area contributed by atoms with E-state index in [2.05, 4.69) is 229 Å². The van der Waals surface area contributed by atoms with E-state index in [1.807, 2.05) is 0 Å². The normalized spacial score (nSPS) is 11.7. The highest BCUT2D eigenvalue weighted by Crippen LogP contribution is 2.45. The minimum atomic E-state index is 0.887. The van der Waals surface area contributed by atoms with E-state index in [1.54, 1.807) is 0 Å². The van der Waals surface area contributed by atoms with E-state index in [1.165, 1.54) is 65.3 Å². The number of benzene rings is 11. The summed E-state index contributed by atoms with van der Waals surface area (Å²) in [6.45, 7) is 0. The van der Waals surface area contributed by atoms with Gasteiger partial charge in [0.2, 0.25) is 0 Å². The first-order valence-electron chi connectivity index (χ1n) is 20.6. The second kappa shape index (κ2) is 13.9. The summed E-state index contributed by atoms with van der Waals surface area (Å²) < 4.78 is 6.44. The Kier molecular flexibility index (Phi) is 7.89. The van der Waals surface area contributed by atoms with E-state index in [0.717, 1.165) is 50.1 Å². The summed E-state index contributed by atoms with van der Waals surface area (Å²) in [5.41, 5.74) is 12.1. The van der Waals surface area contributed by atoms with Crippen LogP contribution in [0.4, 0.5) is 17.1 Å². The SMILES string of the molecule is c1cc(-c2cccc3ccccc23)cc(N(c2ccc(-c3cc4ccccc4c4ccccc34)cc2)c2ccccc2-c2ccc3oc4cc5ccccc5cc4c3c2)c1. The molecular weight excluding hydrogens is 727 g/mol. The first-order valence-corrected chi connectivity index (χ1v) is 20.6. The van der Waals surface area contributed by atoms with Crippen LogP contribution in [0.25, 0.3) is 98.4 Å². The fourth-order valence-electron chi connectivity index (χ4n) is 9.34. The zero-order chi connectivity index (χ0) is 39.6. The molecule has 11 aromatic carbocycles. The smallest absolute Gasteiger partial charge is 0.136 e. The van der Waals surface area contributed by atoms with Gasteiger partial charge < -0.3 is 9.32 Å². The van der Waals surface area contributed by atoms with Crippen LogP contribution in [0.15, 0.2) is 229 Å². The highest BCUT2D eigenvalue weighted by Gasteiger charge is 2.20. The van der Waals surface area contributed by atoms with Crippen LogP contribution < -0.4 is 4.90 Å². The van der Waals surface area contributed by atoms with E-state index in [-0.39, 0.29) is 0 Å². The molecule has 0 atom stereocenters. The summed E-state index contributed by atoms with van der Waals surface area (Å²) in [5, 5.41) is 12.1. The summed E-state index contributed by atoms with van der Waals surface area (Å²) in [5.74, 6) is 0. The minimum Gasteiger partial charge on any atom is -0.456 e. The Morgan fingerprint density at radius 1 is 0.267 bits per heavy atom. The Labute approximate surface area is 347 Å². The van der Waals surface area contributed by atoms with Crippen molar-refractivity contribution in [3.05, 3.63) is 224 Å². The average Bonchev–Trinajstić information content (AvgIpc) is 3.67. The third-order valence-electron chi connectivity index (χ3n) is 12.2. The maximum atomic E-state index is 6.44. The van der Waals surface area contributed by atoms with Crippen LogP contribution in [0.5, 0.6) is 0 Å². The van der Waals surface area contributed by atoms with Gasteiger partial charge in [0.15, 0.2) is 0 Å². The third-order valence-corrected chi connectivity index (χ3v) is 12.2. The van der Waals surface area contributed by atoms with Gasteiger partial charge in [0.25, 0.3) is 0 Å². The maximum Gasteiger partial charge on any atom is 0.136 e. The molecule has 0 unspecified atom stereocenters. The first kappa shape index (κ1) is 34.1. The molecule has 280 valence electrons. The van der Waals surface area contributed by atoms with Crippen molar-refractivity contribution in [3.63, 3.8) is 0 Å². The Morgan fingerprint density at radius 2 is 0.867 bits per heavy atom. The fourth-order valence-corrected chi connectivity index (χ4v) is 9.34. The Bertz CT molecular complexity index is 3610. The van der Waals surface area contributed by atoms with Crippen LogP contribution in [-0.2, 0) is 0 Å². The van der Waals surface area contributed by atoms with Crippen molar-refractivity contribution >= 4 is 82.1 Å². The molecule has 0 N–H and O–H groups in total. The van der Waals surface area contributed by atoms with Gasteiger partial charge in [0.05, 0.1) is 5.69 Å². The monoisotopic (exact) mass is 763 g/mol. The largest absolute Gasteiger partial charge is 0.456 e. The number of para-hydroxylation sites is 1. The van der Waals surface area contributed by atoms with Crippen molar-refractivity contribution in [2.75, 3.05) is 4.90 Å². The van der Waals surface area contributed by atoms with E-state index < -0.39 is 0 Å². The molecule has 0 aliphatic rings. The number of nitrogens with zero attached hydrogens (tertiary/aromatic N) is 1. The van der Waals surface area contributed by atoms with Crippen molar-refractivity contribution in [1.82, 2.24) is 0 Å². The first-order chi connectivity index (χ1) is 29.7. The van der Waals surface area contributed by atoms with Gasteiger partial charge in [-0.05, 0) is 132 Å². The van der Waals surface area contributed by atoms with Gasteiger partial charge in [-0.15, -0.1) is 0 Å². The molecule has 0 saturated carbocycles. The lowest BCUT2D eigenvalue weighted by Gasteiger charge is -2.28. The molecule has 0 radical (unpaired) electrons. The second-order valence-electron chi connectivity index (χ2n) is 15.7. The molecule has 0 bridgehead atoms. The van der Waals surface area contributed by atoms with Gasteiger partial charge in [0.1, 0.15) is 11.2 Å². The van der Waals surface area contributed by atoms with E-state index in [4.69, 9.17) is 4.42 Å². The van der Waals surface area contributed by atoms with E-state index in [0.29, 0.717) is 0 Å². The number of hydrogen-bond acceptors (Lipinski definition) is 2. The lowest BCUT2D eigenvalue weighted by atomic mass is 9.93. The highest BCUT2D eigenvalue weighted by atomic mass is 16.3. The van der Waals surface area contributed by atoms with Crippen molar-refractivity contribution in [1.29, 1.82) is 0 Å². The molecule has 12 aromatic rings. The number of fused-ring (bicyclic) bond motifs is 8. The molecule has 0 saturated heterocycles. The molecule has 2 heteroatoms. The molecule has 60 heavy (non-hydrogen) atoms. The molecule has 0 aliphatic heterocycles. The van der Waals surface area contributed by atoms with Crippen molar-refractivity contribution in [2.45, 2.75) is 0 Å². The molecule has 1 aromatic heterocycles. The van der Waals surface area contributed by atoms with Crippen molar-refractivity contribution in [3.8, 4) is 33.4 Å². The van der Waals surface area contributed by atoms with E-state index in [9.17, 15) is 0 Å². The van der Waals surface area contributed by atoms with Gasteiger partial charge in [0, 0.05) is 27.7 Å². The van der Waals surface area contributed by atoms with E-state index >= 15 is 0 Å². The van der Waals surface area contributed by atoms with Crippen LogP contribution in [0.2, 0.25) is 0 Å². The summed E-state index contributed by atoms with van der Waals surface area (Å²) in [6.07, 6.45) is 0. The summed E-state index contributed by atoms with van der Waals surface area (Å²) in [6, 6.07) is 81.4. The highest BCUT2D eigenvalue weighted by molar-refractivity contribution is 6.14. The predicted molar refractivity (Wildman–Crippen MR) is 255 cm³/mol. The maximum absolute atomic E-state index is 6.44. The second-order valence-corrected chi connectivity index (χ2v) is 15.7. The molecule has 0 fully saturated rings. The third kappa shape index (κ3) is 5.65. The molecule has 12 rings (SSSR count). The van der Waals surface area contributed by atoms with Gasteiger partial charge in [-0.2, -0.15) is 0 Å². The van der Waals surface area contributed by atoms with Crippen LogP contribution in [0.3, 0.4) is 0 Å². The van der Waals surface area contributed by atoms with Gasteiger partial charge >= 0.3 is 0 Å². The lowest BCUT2D eigenvalue weighted by Crippen LogP contribution is -2.11. The summed E-state index contributed by atoms with van der Waals surface area (Å²) in [7, 11) is 0. The standard InChI is InChI=1S/C58H37NO/c1-2-15-41-37-58-55(34-40(41)14-1)54-36-44(29-32-57(54)60-58)50-22-9-10-26-56(50)59(46-19-11-18-42(33-46)48-25-12-17-38-13-3-5-20-47(38)48)45-30-27-39(28-31-45)53-35-43-16-4-6-21-49(43)51-23-7-8-24-52(51)53/h1-37H. The van der Waals surface area contributed by atoms with Gasteiger partial charge in [-0.3, -0.25) is 0 Å². The lowest BCUT2D eigenvalue weighted by molar-refractivity contribution is 0.669. The van der Waals surface area contributed by atoms with Crippen LogP contribution in [0.1, 0.15) is 0 Å². The molecule has 0 amide bonds. The quantitative estimate of drug-likeness (QED) is 0.157. The average molecular weight is 764 g/mol. The molecular formula is C58H37NO. The predicted octanol–water partition coefficient (Wildman–Crippen LogP) is 16.7. The zero-order valence-corrected chi connectivity index (χ0v) is 32.7. The zero-order valence-electron chi connectivity index (χ0n) is 32.7. The topological polar surface area (TPSA) is 16.4 Å². The molecule has 0 spiro atoms. The molecule has 2 nitrogen and oxygen atoms in total. The van der Waals surface area contributed by atoms with Crippen LogP contribution in [0, 0.1) is 0 Å². The van der Waals surface area contributed by atoms with Crippen molar-refractivity contribution < 1.29 is 4.42 Å². The Balaban J connectivity index is 1.04. The number of rotatable bonds is 6.